The molecule has 114 valence electrons. The number of aryl methyl sites for hydroxylation is 1. The molecule has 2 nitrogen and oxygen atoms in total. The molecule has 0 saturated carbocycles. The van der Waals surface area contributed by atoms with Gasteiger partial charge in [-0.25, -0.2) is 4.39 Å². The average Bonchev–Trinajstić information content (AvgIpc) is 2.69. The van der Waals surface area contributed by atoms with Gasteiger partial charge in [0.1, 0.15) is 0 Å². The largest absolute Gasteiger partial charge is 0.494 e. The zero-order valence-electron chi connectivity index (χ0n) is 12.9. The van der Waals surface area contributed by atoms with Crippen molar-refractivity contribution in [3.63, 3.8) is 0 Å². The van der Waals surface area contributed by atoms with Crippen LogP contribution >= 0.6 is 0 Å². The van der Waals surface area contributed by atoms with Crippen LogP contribution in [-0.4, -0.2) is 12.9 Å². The first-order valence-electron chi connectivity index (χ1n) is 7.58. The SMILES string of the molecule is COc1ccc2c(c1F)CCCC(c1ccccc1C)C2=O. The average molecular weight is 298 g/mol. The molecule has 0 aliphatic heterocycles. The molecule has 2 aromatic carbocycles. The molecule has 1 aliphatic rings. The van der Waals surface area contributed by atoms with Crippen molar-refractivity contribution in [1.29, 1.82) is 0 Å². The third-order valence-electron chi connectivity index (χ3n) is 4.49. The van der Waals surface area contributed by atoms with Crippen molar-refractivity contribution in [1.82, 2.24) is 0 Å². The van der Waals surface area contributed by atoms with Gasteiger partial charge in [-0.3, -0.25) is 4.79 Å². The molecule has 1 aliphatic carbocycles. The minimum Gasteiger partial charge on any atom is -0.494 e. The minimum absolute atomic E-state index is 0.0170. The van der Waals surface area contributed by atoms with E-state index in [1.54, 1.807) is 12.1 Å². The first-order chi connectivity index (χ1) is 10.6. The molecule has 0 bridgehead atoms. The summed E-state index contributed by atoms with van der Waals surface area (Å²) in [5.41, 5.74) is 3.17. The van der Waals surface area contributed by atoms with Crippen LogP contribution in [0.3, 0.4) is 0 Å². The van der Waals surface area contributed by atoms with Gasteiger partial charge in [0.25, 0.3) is 0 Å². The summed E-state index contributed by atoms with van der Waals surface area (Å²) in [6.45, 7) is 2.02. The Labute approximate surface area is 129 Å². The van der Waals surface area contributed by atoms with E-state index in [0.29, 0.717) is 17.5 Å². The number of hydrogen-bond donors (Lipinski definition) is 0. The van der Waals surface area contributed by atoms with Crippen LogP contribution in [0.5, 0.6) is 5.75 Å². The maximum Gasteiger partial charge on any atom is 0.170 e. The van der Waals surface area contributed by atoms with Crippen LogP contribution in [-0.2, 0) is 6.42 Å². The molecule has 0 heterocycles. The Hall–Kier alpha value is -2.16. The van der Waals surface area contributed by atoms with E-state index < -0.39 is 5.82 Å². The number of ether oxygens (including phenoxy) is 1. The van der Waals surface area contributed by atoms with Crippen molar-refractivity contribution in [3.8, 4) is 5.75 Å². The van der Waals surface area contributed by atoms with Gasteiger partial charge in [-0.2, -0.15) is 0 Å². The zero-order chi connectivity index (χ0) is 15.7. The number of ketones is 1. The Balaban J connectivity index is 2.08. The Morgan fingerprint density at radius 2 is 1.95 bits per heavy atom. The number of halogens is 1. The molecule has 0 N–H and O–H groups in total. The molecule has 0 fully saturated rings. The topological polar surface area (TPSA) is 26.3 Å². The maximum absolute atomic E-state index is 14.4. The normalized spacial score (nSPS) is 17.8. The van der Waals surface area contributed by atoms with Crippen molar-refractivity contribution >= 4 is 5.78 Å². The predicted molar refractivity (Wildman–Crippen MR) is 84.1 cm³/mol. The second kappa shape index (κ2) is 5.91. The van der Waals surface area contributed by atoms with Gasteiger partial charge in [0.05, 0.1) is 7.11 Å². The van der Waals surface area contributed by atoms with Crippen LogP contribution in [0.1, 0.15) is 45.8 Å². The lowest BCUT2D eigenvalue weighted by molar-refractivity contribution is 0.0956. The van der Waals surface area contributed by atoms with E-state index in [2.05, 4.69) is 0 Å². The fourth-order valence-corrected chi connectivity index (χ4v) is 3.31. The summed E-state index contributed by atoms with van der Waals surface area (Å²) in [4.78, 5) is 12.9. The molecule has 22 heavy (non-hydrogen) atoms. The van der Waals surface area contributed by atoms with Gasteiger partial charge in [-0.15, -0.1) is 0 Å². The number of carbonyl (C=O) groups is 1. The zero-order valence-corrected chi connectivity index (χ0v) is 12.9. The summed E-state index contributed by atoms with van der Waals surface area (Å²) in [6, 6.07) is 11.2. The van der Waals surface area contributed by atoms with Crippen molar-refractivity contribution in [2.45, 2.75) is 32.1 Å². The number of rotatable bonds is 2. The van der Waals surface area contributed by atoms with E-state index in [1.807, 2.05) is 31.2 Å². The van der Waals surface area contributed by atoms with E-state index >= 15 is 0 Å². The fraction of sp³-hybridized carbons (Fsp3) is 0.316. The van der Waals surface area contributed by atoms with Crippen LogP contribution in [0.15, 0.2) is 36.4 Å². The van der Waals surface area contributed by atoms with Gasteiger partial charge in [-0.05, 0) is 49.4 Å². The second-order valence-corrected chi connectivity index (χ2v) is 5.77. The summed E-state index contributed by atoms with van der Waals surface area (Å²) in [5, 5.41) is 0. The third-order valence-corrected chi connectivity index (χ3v) is 4.49. The van der Waals surface area contributed by atoms with Crippen molar-refractivity contribution < 1.29 is 13.9 Å². The van der Waals surface area contributed by atoms with Crippen LogP contribution in [0.25, 0.3) is 0 Å². The first-order valence-corrected chi connectivity index (χ1v) is 7.58. The summed E-state index contributed by atoms with van der Waals surface area (Å²) in [6.07, 6.45) is 2.12. The second-order valence-electron chi connectivity index (χ2n) is 5.77. The summed E-state index contributed by atoms with van der Waals surface area (Å²) < 4.78 is 19.5. The lowest BCUT2D eigenvalue weighted by atomic mass is 9.86. The van der Waals surface area contributed by atoms with E-state index in [-0.39, 0.29) is 17.5 Å². The quantitative estimate of drug-likeness (QED) is 0.766. The smallest absolute Gasteiger partial charge is 0.170 e. The standard InChI is InChI=1S/C19H19FO2/c1-12-6-3-4-7-13(12)15-9-5-8-14-16(19(15)21)10-11-17(22-2)18(14)20/h3-4,6-7,10-11,15H,5,8-9H2,1-2H3. The van der Waals surface area contributed by atoms with Crippen molar-refractivity contribution in [2.24, 2.45) is 0 Å². The molecule has 0 radical (unpaired) electrons. The highest BCUT2D eigenvalue weighted by molar-refractivity contribution is 6.02. The van der Waals surface area contributed by atoms with Crippen molar-refractivity contribution in [2.75, 3.05) is 7.11 Å². The Kier molecular flexibility index (Phi) is 3.97. The lowest BCUT2D eigenvalue weighted by Crippen LogP contribution is -2.14. The van der Waals surface area contributed by atoms with Gasteiger partial charge in [-0.1, -0.05) is 24.3 Å². The molecule has 1 unspecified atom stereocenters. The summed E-state index contributed by atoms with van der Waals surface area (Å²) in [5.74, 6) is -0.349. The fourth-order valence-electron chi connectivity index (χ4n) is 3.31. The Bertz CT molecular complexity index is 721. The number of benzene rings is 2. The number of methoxy groups -OCH3 is 1. The molecular formula is C19H19FO2. The molecule has 0 amide bonds. The summed E-state index contributed by atoms with van der Waals surface area (Å²) >= 11 is 0. The highest BCUT2D eigenvalue weighted by Gasteiger charge is 2.30. The van der Waals surface area contributed by atoms with Crippen LogP contribution in [0.4, 0.5) is 4.39 Å². The van der Waals surface area contributed by atoms with E-state index in [4.69, 9.17) is 4.74 Å². The molecule has 0 saturated heterocycles. The van der Waals surface area contributed by atoms with Gasteiger partial charge in [0.15, 0.2) is 17.3 Å². The van der Waals surface area contributed by atoms with E-state index in [9.17, 15) is 9.18 Å². The first kappa shape index (κ1) is 14.8. The molecule has 0 spiro atoms. The number of hydrogen-bond acceptors (Lipinski definition) is 2. The minimum atomic E-state index is -0.390. The van der Waals surface area contributed by atoms with Crippen LogP contribution in [0.2, 0.25) is 0 Å². The summed E-state index contributed by atoms with van der Waals surface area (Å²) in [7, 11) is 1.44. The molecule has 1 atom stereocenters. The van der Waals surface area contributed by atoms with E-state index in [0.717, 1.165) is 24.0 Å². The molecular weight excluding hydrogens is 279 g/mol. The van der Waals surface area contributed by atoms with E-state index in [1.165, 1.54) is 7.11 Å². The van der Waals surface area contributed by atoms with Crippen LogP contribution < -0.4 is 4.74 Å². The van der Waals surface area contributed by atoms with Gasteiger partial charge < -0.3 is 4.74 Å². The highest BCUT2D eigenvalue weighted by Crippen LogP contribution is 2.36. The highest BCUT2D eigenvalue weighted by atomic mass is 19.1. The number of carbonyl (C=O) groups excluding carboxylic acids is 1. The number of Topliss-reactive ketones (excluding diaryl/α,β-unsaturated/α-hetero) is 1. The monoisotopic (exact) mass is 298 g/mol. The van der Waals surface area contributed by atoms with Crippen molar-refractivity contribution in [3.05, 3.63) is 64.5 Å². The predicted octanol–water partition coefficient (Wildman–Crippen LogP) is 4.45. The third kappa shape index (κ3) is 2.41. The Morgan fingerprint density at radius 3 is 2.68 bits per heavy atom. The molecule has 0 aromatic heterocycles. The van der Waals surface area contributed by atoms with Gasteiger partial charge in [0.2, 0.25) is 0 Å². The van der Waals surface area contributed by atoms with Gasteiger partial charge >= 0.3 is 0 Å². The van der Waals surface area contributed by atoms with Crippen LogP contribution in [0, 0.1) is 12.7 Å². The maximum atomic E-state index is 14.4. The van der Waals surface area contributed by atoms with Gasteiger partial charge in [0, 0.05) is 17.0 Å². The lowest BCUT2D eigenvalue weighted by Gasteiger charge is -2.17. The molecule has 3 heteroatoms. The molecule has 3 rings (SSSR count). The molecule has 2 aromatic rings. The number of fused-ring (bicyclic) bond motifs is 1. The Morgan fingerprint density at radius 1 is 1.18 bits per heavy atom.